The van der Waals surface area contributed by atoms with Crippen LogP contribution in [0.4, 0.5) is 0 Å². The Morgan fingerprint density at radius 2 is 1.17 bits per heavy atom. The fourth-order valence-corrected chi connectivity index (χ4v) is 7.29. The van der Waals surface area contributed by atoms with Gasteiger partial charge in [-0.1, -0.05) is 146 Å². The zero-order valence-electron chi connectivity index (χ0n) is 25.7. The lowest BCUT2D eigenvalue weighted by atomic mass is 9.92. The van der Waals surface area contributed by atoms with Gasteiger partial charge in [0.15, 0.2) is 5.84 Å². The quantitative estimate of drug-likeness (QED) is 0.146. The van der Waals surface area contributed by atoms with E-state index in [9.17, 15) is 0 Å². The fourth-order valence-electron chi connectivity index (χ4n) is 6.21. The van der Waals surface area contributed by atoms with E-state index < -0.39 is 0 Å². The maximum absolute atomic E-state index is 6.66. The van der Waals surface area contributed by atoms with Gasteiger partial charge in [0.25, 0.3) is 0 Å². The minimum atomic E-state index is 0.433. The van der Waals surface area contributed by atoms with Crippen LogP contribution in [-0.4, -0.2) is 11.7 Å². The molecule has 1 heterocycles. The summed E-state index contributed by atoms with van der Waals surface area (Å²) in [5, 5.41) is 4.82. The van der Waals surface area contributed by atoms with Gasteiger partial charge >= 0.3 is 0 Å². The van der Waals surface area contributed by atoms with E-state index in [0.29, 0.717) is 18.2 Å². The highest BCUT2D eigenvalue weighted by Crippen LogP contribution is 2.37. The number of amidine groups is 2. The van der Waals surface area contributed by atoms with Gasteiger partial charge in [-0.25, -0.2) is 4.99 Å². The second-order valence-electron chi connectivity index (χ2n) is 11.6. The summed E-state index contributed by atoms with van der Waals surface area (Å²) >= 11 is 1.84. The highest BCUT2D eigenvalue weighted by molar-refractivity contribution is 7.25. The Morgan fingerprint density at radius 1 is 0.532 bits per heavy atom. The standard InChI is InChI=1S/C43H31N3S/c44-42(33-14-5-2-6-15-33)46-43(45-28-29-11-3-1-4-12-29)41-35-16-8-7-13-31(35)23-25-36(41)32-21-19-30(20-22-32)34-24-26-40-38(27-34)37-17-9-10-18-39(37)47-40/h1-27H,28H2,(H2,44,45,46). The minimum Gasteiger partial charge on any atom is -0.383 e. The number of fused-ring (bicyclic) bond motifs is 4. The van der Waals surface area contributed by atoms with E-state index in [4.69, 9.17) is 15.7 Å². The first kappa shape index (κ1) is 28.6. The first-order valence-electron chi connectivity index (χ1n) is 15.7. The summed E-state index contributed by atoms with van der Waals surface area (Å²) in [7, 11) is 0. The average Bonchev–Trinajstić information content (AvgIpc) is 3.52. The van der Waals surface area contributed by atoms with Gasteiger partial charge in [-0.3, -0.25) is 4.99 Å². The largest absolute Gasteiger partial charge is 0.383 e. The van der Waals surface area contributed by atoms with Gasteiger partial charge in [0, 0.05) is 31.3 Å². The van der Waals surface area contributed by atoms with Crippen LogP contribution >= 0.6 is 11.3 Å². The number of benzene rings is 7. The third kappa shape index (κ3) is 5.71. The summed E-state index contributed by atoms with van der Waals surface area (Å²) in [6, 6.07) is 57.2. The van der Waals surface area contributed by atoms with Gasteiger partial charge in [-0.15, -0.1) is 11.3 Å². The number of thiophene rings is 1. The Kier molecular flexibility index (Phi) is 7.62. The number of hydrogen-bond donors (Lipinski definition) is 1. The molecule has 1 aromatic heterocycles. The summed E-state index contributed by atoms with van der Waals surface area (Å²) in [6.07, 6.45) is 0. The molecule has 0 saturated carbocycles. The third-order valence-corrected chi connectivity index (χ3v) is 9.76. The summed E-state index contributed by atoms with van der Waals surface area (Å²) < 4.78 is 2.63. The molecule has 0 amide bonds. The molecule has 0 spiro atoms. The van der Waals surface area contributed by atoms with E-state index in [2.05, 4.69) is 115 Å². The molecule has 0 aliphatic heterocycles. The molecule has 224 valence electrons. The van der Waals surface area contributed by atoms with Gasteiger partial charge < -0.3 is 5.73 Å². The molecule has 3 nitrogen and oxygen atoms in total. The summed E-state index contributed by atoms with van der Waals surface area (Å²) in [4.78, 5) is 10.2. The van der Waals surface area contributed by atoms with E-state index in [-0.39, 0.29) is 0 Å². The first-order chi connectivity index (χ1) is 23.2. The van der Waals surface area contributed by atoms with Crippen molar-refractivity contribution >= 4 is 54.0 Å². The lowest BCUT2D eigenvalue weighted by Gasteiger charge is -2.15. The molecule has 7 aromatic carbocycles. The number of nitrogens with zero attached hydrogens (tertiary/aromatic N) is 2. The van der Waals surface area contributed by atoms with Crippen LogP contribution in [0.1, 0.15) is 16.7 Å². The van der Waals surface area contributed by atoms with Gasteiger partial charge in [-0.2, -0.15) is 0 Å². The van der Waals surface area contributed by atoms with Crippen LogP contribution < -0.4 is 5.73 Å². The van der Waals surface area contributed by atoms with Crippen molar-refractivity contribution in [3.05, 3.63) is 180 Å². The predicted octanol–water partition coefficient (Wildman–Crippen LogP) is 10.9. The van der Waals surface area contributed by atoms with Gasteiger partial charge in [-0.05, 0) is 56.8 Å². The molecule has 0 radical (unpaired) electrons. The second-order valence-corrected chi connectivity index (χ2v) is 12.7. The van der Waals surface area contributed by atoms with Crippen molar-refractivity contribution in [2.75, 3.05) is 0 Å². The molecule has 8 rings (SSSR count). The van der Waals surface area contributed by atoms with Crippen LogP contribution in [-0.2, 0) is 6.54 Å². The number of nitrogens with two attached hydrogens (primary N) is 1. The fraction of sp³-hybridized carbons (Fsp3) is 0.0233. The van der Waals surface area contributed by atoms with Crippen molar-refractivity contribution in [1.82, 2.24) is 0 Å². The lowest BCUT2D eigenvalue weighted by Crippen LogP contribution is -2.17. The van der Waals surface area contributed by atoms with Crippen LogP contribution in [0.3, 0.4) is 0 Å². The van der Waals surface area contributed by atoms with Crippen LogP contribution in [0.25, 0.3) is 53.2 Å². The van der Waals surface area contributed by atoms with Crippen molar-refractivity contribution < 1.29 is 0 Å². The van der Waals surface area contributed by atoms with Crippen LogP contribution in [0, 0.1) is 0 Å². The van der Waals surface area contributed by atoms with Crippen molar-refractivity contribution in [2.24, 2.45) is 15.7 Å². The number of hydrogen-bond acceptors (Lipinski definition) is 2. The van der Waals surface area contributed by atoms with Crippen molar-refractivity contribution in [3.63, 3.8) is 0 Å². The van der Waals surface area contributed by atoms with Crippen LogP contribution in [0.2, 0.25) is 0 Å². The van der Waals surface area contributed by atoms with E-state index in [1.54, 1.807) is 0 Å². The maximum atomic E-state index is 6.66. The topological polar surface area (TPSA) is 50.7 Å². The van der Waals surface area contributed by atoms with E-state index in [1.165, 1.54) is 31.3 Å². The van der Waals surface area contributed by atoms with E-state index in [0.717, 1.165) is 38.6 Å². The summed E-state index contributed by atoms with van der Waals surface area (Å²) in [5.41, 5.74) is 14.1. The Balaban J connectivity index is 1.26. The molecule has 47 heavy (non-hydrogen) atoms. The van der Waals surface area contributed by atoms with Crippen molar-refractivity contribution in [1.29, 1.82) is 0 Å². The monoisotopic (exact) mass is 621 g/mol. The van der Waals surface area contributed by atoms with E-state index in [1.807, 2.05) is 59.9 Å². The Morgan fingerprint density at radius 3 is 1.98 bits per heavy atom. The highest BCUT2D eigenvalue weighted by Gasteiger charge is 2.17. The van der Waals surface area contributed by atoms with E-state index >= 15 is 0 Å². The molecule has 0 bridgehead atoms. The molecular weight excluding hydrogens is 591 g/mol. The zero-order chi connectivity index (χ0) is 31.6. The zero-order valence-corrected chi connectivity index (χ0v) is 26.5. The summed E-state index contributed by atoms with van der Waals surface area (Å²) in [6.45, 7) is 0.489. The maximum Gasteiger partial charge on any atom is 0.158 e. The molecule has 0 atom stereocenters. The SMILES string of the molecule is NC(=NC(=NCc1ccccc1)c1c(-c2ccc(-c3ccc4sc5ccccc5c4c3)cc2)ccc2ccccc12)c1ccccc1. The van der Waals surface area contributed by atoms with Crippen molar-refractivity contribution in [2.45, 2.75) is 6.54 Å². The Labute approximate surface area is 278 Å². The molecular formula is C43H31N3S. The number of rotatable bonds is 6. The lowest BCUT2D eigenvalue weighted by molar-refractivity contribution is 1.06. The average molecular weight is 622 g/mol. The first-order valence-corrected chi connectivity index (χ1v) is 16.6. The third-order valence-electron chi connectivity index (χ3n) is 8.61. The summed E-state index contributed by atoms with van der Waals surface area (Å²) in [5.74, 6) is 1.05. The normalized spacial score (nSPS) is 12.3. The Hall–Kier alpha value is -5.84. The molecule has 0 saturated heterocycles. The Bertz CT molecular complexity index is 2420. The number of aliphatic imine (C=N–C) groups is 2. The smallest absolute Gasteiger partial charge is 0.158 e. The van der Waals surface area contributed by atoms with Gasteiger partial charge in [0.1, 0.15) is 5.84 Å². The van der Waals surface area contributed by atoms with Gasteiger partial charge in [0.05, 0.1) is 6.54 Å². The van der Waals surface area contributed by atoms with Crippen molar-refractivity contribution in [3.8, 4) is 22.3 Å². The van der Waals surface area contributed by atoms with Gasteiger partial charge in [0.2, 0.25) is 0 Å². The molecule has 0 fully saturated rings. The highest BCUT2D eigenvalue weighted by atomic mass is 32.1. The molecule has 8 aromatic rings. The predicted molar refractivity (Wildman–Crippen MR) is 202 cm³/mol. The molecule has 0 aliphatic rings. The minimum absolute atomic E-state index is 0.433. The van der Waals surface area contributed by atoms with Crippen LogP contribution in [0.15, 0.2) is 174 Å². The second kappa shape index (κ2) is 12.5. The molecule has 0 unspecified atom stereocenters. The molecule has 4 heteroatoms. The molecule has 2 N–H and O–H groups in total. The molecule has 0 aliphatic carbocycles. The van der Waals surface area contributed by atoms with Crippen LogP contribution in [0.5, 0.6) is 0 Å².